The molecular formula is C16H21N5. The number of nitrogens with two attached hydrogens (primary N) is 1. The maximum absolute atomic E-state index is 6.14. The number of aryl methyl sites for hydroxylation is 3. The van der Waals surface area contributed by atoms with Crippen molar-refractivity contribution in [2.45, 2.75) is 26.3 Å². The van der Waals surface area contributed by atoms with E-state index in [0.29, 0.717) is 12.5 Å². The zero-order valence-electron chi connectivity index (χ0n) is 12.7. The molecule has 110 valence electrons. The highest BCUT2D eigenvalue weighted by Gasteiger charge is 2.31. The number of hydrogen-bond acceptors (Lipinski definition) is 4. The Labute approximate surface area is 125 Å². The molecule has 0 fully saturated rings. The number of guanidine groups is 1. The fraction of sp³-hybridized carbons (Fsp3) is 0.375. The standard InChI is InChI=1S/C16H21N5/c1-4-14-13(10-20(3)19-14)15-9-18-16(17)21(15)12-7-5-6-11(2)8-12/h5-8,10,15H,4,9H2,1-3H3,(H2,17,18). The summed E-state index contributed by atoms with van der Waals surface area (Å²) in [5.74, 6) is 0.580. The molecule has 2 aromatic rings. The highest BCUT2D eigenvalue weighted by molar-refractivity contribution is 5.97. The third kappa shape index (κ3) is 2.39. The predicted molar refractivity (Wildman–Crippen MR) is 85.5 cm³/mol. The lowest BCUT2D eigenvalue weighted by Gasteiger charge is -2.26. The Bertz CT molecular complexity index is 686. The summed E-state index contributed by atoms with van der Waals surface area (Å²) in [6.07, 6.45) is 2.99. The minimum atomic E-state index is 0.135. The fourth-order valence-corrected chi connectivity index (χ4v) is 2.93. The molecule has 0 saturated carbocycles. The van der Waals surface area contributed by atoms with Crippen molar-refractivity contribution in [3.63, 3.8) is 0 Å². The molecule has 0 spiro atoms. The van der Waals surface area contributed by atoms with Crippen LogP contribution in [0, 0.1) is 6.92 Å². The molecule has 1 atom stereocenters. The largest absolute Gasteiger partial charge is 0.369 e. The van der Waals surface area contributed by atoms with Gasteiger partial charge in [0.2, 0.25) is 0 Å². The van der Waals surface area contributed by atoms with Crippen LogP contribution in [0.1, 0.15) is 29.8 Å². The molecule has 1 aromatic heterocycles. The first-order valence-electron chi connectivity index (χ1n) is 7.28. The molecular weight excluding hydrogens is 262 g/mol. The van der Waals surface area contributed by atoms with Crippen molar-refractivity contribution >= 4 is 11.6 Å². The summed E-state index contributed by atoms with van der Waals surface area (Å²) in [4.78, 5) is 6.56. The average Bonchev–Trinajstić information content (AvgIpc) is 3.01. The first-order chi connectivity index (χ1) is 10.1. The maximum atomic E-state index is 6.14. The van der Waals surface area contributed by atoms with Crippen LogP contribution in [-0.4, -0.2) is 22.3 Å². The van der Waals surface area contributed by atoms with Gasteiger partial charge in [0.25, 0.3) is 0 Å². The molecule has 0 amide bonds. The van der Waals surface area contributed by atoms with Crippen LogP contribution >= 0.6 is 0 Å². The summed E-state index contributed by atoms with van der Waals surface area (Å²) < 4.78 is 1.87. The van der Waals surface area contributed by atoms with Crippen molar-refractivity contribution in [1.29, 1.82) is 0 Å². The molecule has 0 bridgehead atoms. The van der Waals surface area contributed by atoms with E-state index < -0.39 is 0 Å². The Balaban J connectivity index is 2.03. The van der Waals surface area contributed by atoms with Crippen molar-refractivity contribution in [1.82, 2.24) is 9.78 Å². The van der Waals surface area contributed by atoms with Crippen LogP contribution in [0.4, 0.5) is 5.69 Å². The van der Waals surface area contributed by atoms with Gasteiger partial charge in [-0.2, -0.15) is 5.10 Å². The first-order valence-corrected chi connectivity index (χ1v) is 7.28. The zero-order valence-corrected chi connectivity index (χ0v) is 12.7. The van der Waals surface area contributed by atoms with Gasteiger partial charge in [-0.3, -0.25) is 9.67 Å². The van der Waals surface area contributed by atoms with E-state index in [4.69, 9.17) is 5.73 Å². The average molecular weight is 283 g/mol. The van der Waals surface area contributed by atoms with Crippen LogP contribution < -0.4 is 10.6 Å². The number of nitrogens with zero attached hydrogens (tertiary/aromatic N) is 4. The highest BCUT2D eigenvalue weighted by atomic mass is 15.3. The van der Waals surface area contributed by atoms with E-state index >= 15 is 0 Å². The number of rotatable bonds is 3. The van der Waals surface area contributed by atoms with Crippen molar-refractivity contribution in [2.75, 3.05) is 11.4 Å². The molecule has 0 saturated heterocycles. The first kappa shape index (κ1) is 13.7. The smallest absolute Gasteiger partial charge is 0.196 e. The second kappa shape index (κ2) is 5.24. The molecule has 1 aliphatic rings. The molecule has 21 heavy (non-hydrogen) atoms. The van der Waals surface area contributed by atoms with E-state index in [0.717, 1.165) is 17.8 Å². The summed E-state index contributed by atoms with van der Waals surface area (Å²) in [5, 5.41) is 4.54. The minimum absolute atomic E-state index is 0.135. The Morgan fingerprint density at radius 1 is 1.38 bits per heavy atom. The van der Waals surface area contributed by atoms with E-state index in [9.17, 15) is 0 Å². The van der Waals surface area contributed by atoms with Crippen LogP contribution in [0.15, 0.2) is 35.5 Å². The summed E-state index contributed by atoms with van der Waals surface area (Å²) in [5.41, 5.74) is 10.8. The third-order valence-electron chi connectivity index (χ3n) is 3.90. The second-order valence-corrected chi connectivity index (χ2v) is 5.48. The number of benzene rings is 1. The number of anilines is 1. The van der Waals surface area contributed by atoms with Gasteiger partial charge < -0.3 is 10.6 Å². The molecule has 2 N–H and O–H groups in total. The molecule has 2 heterocycles. The van der Waals surface area contributed by atoms with Crippen molar-refractivity contribution in [3.8, 4) is 0 Å². The van der Waals surface area contributed by atoms with Gasteiger partial charge in [-0.1, -0.05) is 19.1 Å². The van der Waals surface area contributed by atoms with Gasteiger partial charge in [-0.05, 0) is 31.0 Å². The van der Waals surface area contributed by atoms with E-state index in [-0.39, 0.29) is 6.04 Å². The maximum Gasteiger partial charge on any atom is 0.196 e. The van der Waals surface area contributed by atoms with E-state index in [2.05, 4.69) is 59.3 Å². The Kier molecular flexibility index (Phi) is 3.41. The fourth-order valence-electron chi connectivity index (χ4n) is 2.93. The van der Waals surface area contributed by atoms with Gasteiger partial charge in [0.1, 0.15) is 0 Å². The van der Waals surface area contributed by atoms with E-state index in [1.165, 1.54) is 11.1 Å². The van der Waals surface area contributed by atoms with Gasteiger partial charge in [-0.15, -0.1) is 0 Å². The highest BCUT2D eigenvalue weighted by Crippen LogP contribution is 2.32. The molecule has 5 heteroatoms. The molecule has 1 aromatic carbocycles. The third-order valence-corrected chi connectivity index (χ3v) is 3.90. The molecule has 1 aliphatic heterocycles. The Morgan fingerprint density at radius 2 is 2.19 bits per heavy atom. The molecule has 1 unspecified atom stereocenters. The number of aliphatic imine (C=N–C) groups is 1. The van der Waals surface area contributed by atoms with E-state index in [1.54, 1.807) is 0 Å². The van der Waals surface area contributed by atoms with Crippen LogP contribution in [0.2, 0.25) is 0 Å². The van der Waals surface area contributed by atoms with Gasteiger partial charge in [0.15, 0.2) is 5.96 Å². The quantitative estimate of drug-likeness (QED) is 0.939. The van der Waals surface area contributed by atoms with E-state index in [1.807, 2.05) is 11.7 Å². The van der Waals surface area contributed by atoms with Crippen molar-refractivity contribution in [2.24, 2.45) is 17.8 Å². The topological polar surface area (TPSA) is 59.4 Å². The summed E-state index contributed by atoms with van der Waals surface area (Å²) in [6, 6.07) is 8.49. The lowest BCUT2D eigenvalue weighted by atomic mass is 10.0. The van der Waals surface area contributed by atoms with Gasteiger partial charge >= 0.3 is 0 Å². The molecule has 3 rings (SSSR count). The van der Waals surface area contributed by atoms with Crippen LogP contribution in [0.3, 0.4) is 0 Å². The summed E-state index contributed by atoms with van der Waals surface area (Å²) >= 11 is 0. The SMILES string of the molecule is CCc1nn(C)cc1C1CN=C(N)N1c1cccc(C)c1. The number of hydrogen-bond donors (Lipinski definition) is 1. The van der Waals surface area contributed by atoms with Crippen LogP contribution in [0.5, 0.6) is 0 Å². The monoisotopic (exact) mass is 283 g/mol. The number of aromatic nitrogens is 2. The van der Waals surface area contributed by atoms with Crippen LogP contribution in [-0.2, 0) is 13.5 Å². The minimum Gasteiger partial charge on any atom is -0.369 e. The van der Waals surface area contributed by atoms with Crippen molar-refractivity contribution in [3.05, 3.63) is 47.3 Å². The van der Waals surface area contributed by atoms with Gasteiger partial charge in [0, 0.05) is 24.5 Å². The Hall–Kier alpha value is -2.30. The molecule has 5 nitrogen and oxygen atoms in total. The molecule has 0 radical (unpaired) electrons. The lowest BCUT2D eigenvalue weighted by molar-refractivity contribution is 0.746. The summed E-state index contributed by atoms with van der Waals surface area (Å²) in [7, 11) is 1.96. The summed E-state index contributed by atoms with van der Waals surface area (Å²) in [6.45, 7) is 4.89. The predicted octanol–water partition coefficient (Wildman–Crippen LogP) is 2.17. The zero-order chi connectivity index (χ0) is 15.0. The second-order valence-electron chi connectivity index (χ2n) is 5.48. The normalized spacial score (nSPS) is 18.1. The Morgan fingerprint density at radius 3 is 2.90 bits per heavy atom. The van der Waals surface area contributed by atoms with Gasteiger partial charge in [-0.25, -0.2) is 0 Å². The van der Waals surface area contributed by atoms with Crippen molar-refractivity contribution < 1.29 is 0 Å². The van der Waals surface area contributed by atoms with Crippen LogP contribution in [0.25, 0.3) is 0 Å². The lowest BCUT2D eigenvalue weighted by Crippen LogP contribution is -2.36. The van der Waals surface area contributed by atoms with Gasteiger partial charge in [0.05, 0.1) is 18.3 Å². The molecule has 0 aliphatic carbocycles.